The molecule has 1 aliphatic heterocycles. The van der Waals surface area contributed by atoms with Crippen molar-refractivity contribution in [3.8, 4) is 0 Å². The van der Waals surface area contributed by atoms with E-state index in [4.69, 9.17) is 16.3 Å². The Hall–Kier alpha value is -0.990. The molecule has 3 heteroatoms. The van der Waals surface area contributed by atoms with Crippen LogP contribution in [-0.2, 0) is 4.74 Å². The van der Waals surface area contributed by atoms with Gasteiger partial charge in [0, 0.05) is 5.02 Å². The van der Waals surface area contributed by atoms with Crippen LogP contribution in [0.4, 0.5) is 0 Å². The van der Waals surface area contributed by atoms with Gasteiger partial charge in [-0.3, -0.25) is 0 Å². The third-order valence-electron chi connectivity index (χ3n) is 3.47. The van der Waals surface area contributed by atoms with Crippen LogP contribution in [0.25, 0.3) is 0 Å². The molecule has 0 radical (unpaired) electrons. The number of hydrogen-bond acceptors (Lipinski definition) is 2. The standard InChI is InChI=1S/C16H22ClNO/c1-3-8-18-16(13-5-4-9-19-11-13)15-7-6-14(17)10-12(15)2/h6-7,10-11,16,18H,3-5,8-9H2,1-2H3. The number of ether oxygens (including phenoxy) is 1. The molecule has 1 aromatic carbocycles. The molecule has 1 aliphatic rings. The molecule has 104 valence electrons. The zero-order chi connectivity index (χ0) is 13.7. The largest absolute Gasteiger partial charge is 0.501 e. The predicted octanol–water partition coefficient (Wildman–Crippen LogP) is 4.38. The molecule has 2 rings (SSSR count). The van der Waals surface area contributed by atoms with Crippen molar-refractivity contribution in [3.05, 3.63) is 46.2 Å². The first-order chi connectivity index (χ1) is 9.22. The summed E-state index contributed by atoms with van der Waals surface area (Å²) in [7, 11) is 0. The minimum absolute atomic E-state index is 0.248. The fraction of sp³-hybridized carbons (Fsp3) is 0.500. The molecule has 0 fully saturated rings. The van der Waals surface area contributed by atoms with E-state index in [-0.39, 0.29) is 6.04 Å². The highest BCUT2D eigenvalue weighted by molar-refractivity contribution is 6.30. The molecule has 0 saturated heterocycles. The van der Waals surface area contributed by atoms with Gasteiger partial charge < -0.3 is 10.1 Å². The van der Waals surface area contributed by atoms with E-state index in [1.54, 1.807) is 0 Å². The van der Waals surface area contributed by atoms with Crippen molar-refractivity contribution in [1.29, 1.82) is 0 Å². The molecule has 0 bridgehead atoms. The number of halogens is 1. The van der Waals surface area contributed by atoms with Crippen LogP contribution in [0, 0.1) is 6.92 Å². The second-order valence-corrected chi connectivity index (χ2v) is 5.49. The van der Waals surface area contributed by atoms with Crippen LogP contribution < -0.4 is 5.32 Å². The van der Waals surface area contributed by atoms with E-state index >= 15 is 0 Å². The van der Waals surface area contributed by atoms with E-state index in [0.29, 0.717) is 0 Å². The molecule has 1 N–H and O–H groups in total. The molecule has 1 atom stereocenters. The number of hydrogen-bond donors (Lipinski definition) is 1. The van der Waals surface area contributed by atoms with Crippen molar-refractivity contribution in [2.45, 2.75) is 39.2 Å². The summed E-state index contributed by atoms with van der Waals surface area (Å²) in [6.07, 6.45) is 5.26. The Morgan fingerprint density at radius 1 is 1.42 bits per heavy atom. The van der Waals surface area contributed by atoms with Crippen LogP contribution in [0.3, 0.4) is 0 Å². The van der Waals surface area contributed by atoms with Gasteiger partial charge in [-0.1, -0.05) is 24.6 Å². The lowest BCUT2D eigenvalue weighted by atomic mass is 9.92. The Morgan fingerprint density at radius 3 is 2.89 bits per heavy atom. The van der Waals surface area contributed by atoms with Gasteiger partial charge >= 0.3 is 0 Å². The van der Waals surface area contributed by atoms with Crippen LogP contribution in [-0.4, -0.2) is 13.2 Å². The topological polar surface area (TPSA) is 21.3 Å². The first-order valence-corrected chi connectivity index (χ1v) is 7.40. The number of rotatable bonds is 5. The van der Waals surface area contributed by atoms with Gasteiger partial charge in [-0.2, -0.15) is 0 Å². The lowest BCUT2D eigenvalue weighted by Crippen LogP contribution is -2.26. The molecular formula is C16H22ClNO. The molecule has 0 amide bonds. The summed E-state index contributed by atoms with van der Waals surface area (Å²) in [4.78, 5) is 0. The Balaban J connectivity index is 2.27. The Bertz CT molecular complexity index is 456. The molecule has 0 spiro atoms. The van der Waals surface area contributed by atoms with Crippen LogP contribution in [0.15, 0.2) is 30.0 Å². The number of benzene rings is 1. The molecule has 1 heterocycles. The molecule has 0 aromatic heterocycles. The highest BCUT2D eigenvalue weighted by atomic mass is 35.5. The minimum Gasteiger partial charge on any atom is -0.501 e. The van der Waals surface area contributed by atoms with Gasteiger partial charge in [-0.15, -0.1) is 0 Å². The molecule has 1 aromatic rings. The number of nitrogens with one attached hydrogen (secondary N) is 1. The van der Waals surface area contributed by atoms with E-state index in [0.717, 1.165) is 37.4 Å². The van der Waals surface area contributed by atoms with Crippen molar-refractivity contribution >= 4 is 11.6 Å². The van der Waals surface area contributed by atoms with Crippen LogP contribution >= 0.6 is 11.6 Å². The smallest absolute Gasteiger partial charge is 0.0876 e. The lowest BCUT2D eigenvalue weighted by molar-refractivity contribution is 0.219. The summed E-state index contributed by atoms with van der Waals surface area (Å²) in [5.41, 5.74) is 3.87. The van der Waals surface area contributed by atoms with E-state index in [2.05, 4.69) is 25.2 Å². The average molecular weight is 280 g/mol. The van der Waals surface area contributed by atoms with Gasteiger partial charge in [-0.05, 0) is 61.6 Å². The molecular weight excluding hydrogens is 258 g/mol. The Kier molecular flexibility index (Phi) is 5.29. The maximum absolute atomic E-state index is 6.05. The predicted molar refractivity (Wildman–Crippen MR) is 80.5 cm³/mol. The van der Waals surface area contributed by atoms with Crippen LogP contribution in [0.5, 0.6) is 0 Å². The molecule has 19 heavy (non-hydrogen) atoms. The van der Waals surface area contributed by atoms with Gasteiger partial charge in [-0.25, -0.2) is 0 Å². The van der Waals surface area contributed by atoms with E-state index in [1.807, 2.05) is 18.4 Å². The normalized spacial score (nSPS) is 16.7. The number of aryl methyl sites for hydroxylation is 1. The summed E-state index contributed by atoms with van der Waals surface area (Å²) in [6, 6.07) is 6.37. The van der Waals surface area contributed by atoms with Crippen molar-refractivity contribution < 1.29 is 4.74 Å². The minimum atomic E-state index is 0.248. The maximum Gasteiger partial charge on any atom is 0.0876 e. The first-order valence-electron chi connectivity index (χ1n) is 7.02. The van der Waals surface area contributed by atoms with Gasteiger partial charge in [0.2, 0.25) is 0 Å². The van der Waals surface area contributed by atoms with Crippen molar-refractivity contribution in [3.63, 3.8) is 0 Å². The van der Waals surface area contributed by atoms with Crippen LogP contribution in [0.2, 0.25) is 5.02 Å². The van der Waals surface area contributed by atoms with Crippen molar-refractivity contribution in [1.82, 2.24) is 5.32 Å². The van der Waals surface area contributed by atoms with E-state index in [9.17, 15) is 0 Å². The monoisotopic (exact) mass is 279 g/mol. The summed E-state index contributed by atoms with van der Waals surface area (Å²) in [6.45, 7) is 6.14. The summed E-state index contributed by atoms with van der Waals surface area (Å²) in [5, 5.41) is 4.42. The summed E-state index contributed by atoms with van der Waals surface area (Å²) < 4.78 is 5.50. The van der Waals surface area contributed by atoms with Crippen molar-refractivity contribution in [2.24, 2.45) is 0 Å². The highest BCUT2D eigenvalue weighted by Gasteiger charge is 2.20. The lowest BCUT2D eigenvalue weighted by Gasteiger charge is -2.26. The Labute approximate surface area is 120 Å². The van der Waals surface area contributed by atoms with Crippen LogP contribution in [0.1, 0.15) is 43.4 Å². The van der Waals surface area contributed by atoms with Gasteiger partial charge in [0.25, 0.3) is 0 Å². The zero-order valence-electron chi connectivity index (χ0n) is 11.7. The molecule has 0 aliphatic carbocycles. The molecule has 2 nitrogen and oxygen atoms in total. The van der Waals surface area contributed by atoms with Crippen molar-refractivity contribution in [2.75, 3.05) is 13.2 Å². The molecule has 1 unspecified atom stereocenters. The van der Waals surface area contributed by atoms with E-state index < -0.39 is 0 Å². The molecule has 0 saturated carbocycles. The highest BCUT2D eigenvalue weighted by Crippen LogP contribution is 2.30. The van der Waals surface area contributed by atoms with E-state index in [1.165, 1.54) is 16.7 Å². The first kappa shape index (κ1) is 14.4. The van der Waals surface area contributed by atoms with Gasteiger partial charge in [0.15, 0.2) is 0 Å². The fourth-order valence-corrected chi connectivity index (χ4v) is 2.72. The maximum atomic E-state index is 6.05. The van der Waals surface area contributed by atoms with Gasteiger partial charge in [0.1, 0.15) is 0 Å². The Morgan fingerprint density at radius 2 is 2.26 bits per heavy atom. The second-order valence-electron chi connectivity index (χ2n) is 5.06. The average Bonchev–Trinajstić information content (AvgIpc) is 2.42. The third kappa shape index (κ3) is 3.74. The van der Waals surface area contributed by atoms with Gasteiger partial charge in [0.05, 0.1) is 18.9 Å². The SMILES string of the molecule is CCCNC(C1=COCCC1)c1ccc(Cl)cc1C. The third-order valence-corrected chi connectivity index (χ3v) is 3.71. The summed E-state index contributed by atoms with van der Waals surface area (Å²) >= 11 is 6.05. The fourth-order valence-electron chi connectivity index (χ4n) is 2.49. The second kappa shape index (κ2) is 6.97. The summed E-state index contributed by atoms with van der Waals surface area (Å²) in [5.74, 6) is 0. The quantitative estimate of drug-likeness (QED) is 0.863. The zero-order valence-corrected chi connectivity index (χ0v) is 12.5.